The van der Waals surface area contributed by atoms with E-state index in [0.717, 1.165) is 25.8 Å². The van der Waals surface area contributed by atoms with Crippen LogP contribution < -0.4 is 5.32 Å². The van der Waals surface area contributed by atoms with E-state index in [-0.39, 0.29) is 24.4 Å². The van der Waals surface area contributed by atoms with Gasteiger partial charge in [-0.1, -0.05) is 17.7 Å². The van der Waals surface area contributed by atoms with Gasteiger partial charge in [-0.25, -0.2) is 9.18 Å². The molecule has 1 N–H and O–H groups in total. The van der Waals surface area contributed by atoms with Crippen LogP contribution in [0.2, 0.25) is 5.02 Å². The van der Waals surface area contributed by atoms with Crippen LogP contribution in [0.1, 0.15) is 37.7 Å². The number of urea groups is 1. The van der Waals surface area contributed by atoms with Gasteiger partial charge in [0.1, 0.15) is 5.82 Å². The molecule has 1 aromatic rings. The molecule has 0 radical (unpaired) electrons. The van der Waals surface area contributed by atoms with E-state index in [9.17, 15) is 9.18 Å². The van der Waals surface area contributed by atoms with Crippen LogP contribution in [0.3, 0.4) is 0 Å². The number of hydrogen-bond donors (Lipinski definition) is 1. The molecular formula is C19H27ClFN3O. The van der Waals surface area contributed by atoms with Crippen molar-refractivity contribution in [3.05, 3.63) is 34.6 Å². The first-order chi connectivity index (χ1) is 12.0. The Morgan fingerprint density at radius 3 is 2.88 bits per heavy atom. The van der Waals surface area contributed by atoms with Crippen molar-refractivity contribution < 1.29 is 9.18 Å². The van der Waals surface area contributed by atoms with Crippen LogP contribution in [0.25, 0.3) is 0 Å². The highest BCUT2D eigenvalue weighted by molar-refractivity contribution is 6.31. The van der Waals surface area contributed by atoms with Gasteiger partial charge in [0.05, 0.1) is 6.54 Å². The van der Waals surface area contributed by atoms with E-state index in [2.05, 4.69) is 17.3 Å². The second-order valence-electron chi connectivity index (χ2n) is 7.35. The normalized spacial score (nSPS) is 21.2. The zero-order valence-corrected chi connectivity index (χ0v) is 15.6. The van der Waals surface area contributed by atoms with Gasteiger partial charge in [0.25, 0.3) is 0 Å². The fourth-order valence-corrected chi connectivity index (χ4v) is 3.82. The Labute approximate surface area is 154 Å². The summed E-state index contributed by atoms with van der Waals surface area (Å²) in [5.41, 5.74) is 0.403. The first kappa shape index (κ1) is 18.5. The highest BCUT2D eigenvalue weighted by atomic mass is 35.5. The summed E-state index contributed by atoms with van der Waals surface area (Å²) >= 11 is 6.12. The zero-order chi connectivity index (χ0) is 17.8. The van der Waals surface area contributed by atoms with Crippen molar-refractivity contribution in [1.29, 1.82) is 0 Å². The predicted octanol–water partition coefficient (Wildman–Crippen LogP) is 3.89. The topological polar surface area (TPSA) is 35.6 Å². The van der Waals surface area contributed by atoms with Gasteiger partial charge in [-0.05, 0) is 63.7 Å². The third-order valence-corrected chi connectivity index (χ3v) is 5.54. The minimum Gasteiger partial charge on any atom is -0.338 e. The number of piperidine rings is 1. The third-order valence-electron chi connectivity index (χ3n) is 5.19. The lowest BCUT2D eigenvalue weighted by atomic mass is 9.95. The summed E-state index contributed by atoms with van der Waals surface area (Å²) in [6.45, 7) is 3.18. The molecule has 6 heteroatoms. The summed E-state index contributed by atoms with van der Waals surface area (Å²) in [5.74, 6) is 0.297. The number of nitrogens with one attached hydrogen (secondary N) is 1. The molecule has 0 aromatic heterocycles. The standard InChI is InChI=1S/C19H27ClFN3O/c1-23-11-3-4-14(12-23)9-10-22-19(25)24(15-7-8-15)13-16-17(20)5-2-6-18(16)21/h2,5-6,14-15H,3-4,7-13H2,1H3,(H,22,25). The first-order valence-corrected chi connectivity index (χ1v) is 9.58. The number of nitrogens with zero attached hydrogens (tertiary/aromatic N) is 2. The summed E-state index contributed by atoms with van der Waals surface area (Å²) in [4.78, 5) is 16.7. The molecule has 1 saturated heterocycles. The predicted molar refractivity (Wildman–Crippen MR) is 98.2 cm³/mol. The molecular weight excluding hydrogens is 341 g/mol. The number of halogens is 2. The number of carbonyl (C=O) groups excluding carboxylic acids is 1. The van der Waals surface area contributed by atoms with Crippen LogP contribution >= 0.6 is 11.6 Å². The minimum absolute atomic E-state index is 0.106. The first-order valence-electron chi connectivity index (χ1n) is 9.20. The maximum atomic E-state index is 14.0. The van der Waals surface area contributed by atoms with Gasteiger partial charge < -0.3 is 15.1 Å². The second kappa shape index (κ2) is 8.37. The van der Waals surface area contributed by atoms with Crippen molar-refractivity contribution in [2.24, 2.45) is 5.92 Å². The fraction of sp³-hybridized carbons (Fsp3) is 0.632. The Bertz CT molecular complexity index is 588. The van der Waals surface area contributed by atoms with Crippen LogP contribution in [0, 0.1) is 11.7 Å². The molecule has 25 heavy (non-hydrogen) atoms. The minimum atomic E-state index is -0.351. The third kappa shape index (κ3) is 5.08. The Morgan fingerprint density at radius 1 is 1.40 bits per heavy atom. The highest BCUT2D eigenvalue weighted by Gasteiger charge is 2.33. The van der Waals surface area contributed by atoms with Gasteiger partial charge in [0.2, 0.25) is 0 Å². The van der Waals surface area contributed by atoms with Gasteiger partial charge in [0.15, 0.2) is 0 Å². The lowest BCUT2D eigenvalue weighted by Gasteiger charge is -2.30. The summed E-state index contributed by atoms with van der Waals surface area (Å²) in [5, 5.41) is 3.41. The summed E-state index contributed by atoms with van der Waals surface area (Å²) in [7, 11) is 2.15. The monoisotopic (exact) mass is 367 g/mol. The Morgan fingerprint density at radius 2 is 2.20 bits per heavy atom. The van der Waals surface area contributed by atoms with Gasteiger partial charge in [-0.2, -0.15) is 0 Å². The van der Waals surface area contributed by atoms with Crippen molar-refractivity contribution in [2.45, 2.75) is 44.7 Å². The van der Waals surface area contributed by atoms with Crippen LogP contribution in [-0.2, 0) is 6.54 Å². The number of carbonyl (C=O) groups is 1. The number of amides is 2. The molecule has 2 aliphatic rings. The lowest BCUT2D eigenvalue weighted by molar-refractivity contribution is 0.184. The van der Waals surface area contributed by atoms with Crippen molar-refractivity contribution >= 4 is 17.6 Å². The van der Waals surface area contributed by atoms with Crippen molar-refractivity contribution in [3.8, 4) is 0 Å². The van der Waals surface area contributed by atoms with E-state index < -0.39 is 0 Å². The molecule has 1 aliphatic heterocycles. The molecule has 138 valence electrons. The number of benzene rings is 1. The van der Waals surface area contributed by atoms with Crippen LogP contribution in [0.15, 0.2) is 18.2 Å². The average Bonchev–Trinajstić information content (AvgIpc) is 3.39. The van der Waals surface area contributed by atoms with E-state index in [0.29, 0.717) is 23.0 Å². The van der Waals surface area contributed by atoms with Crippen LogP contribution in [0.5, 0.6) is 0 Å². The Hall–Kier alpha value is -1.33. The van der Waals surface area contributed by atoms with Gasteiger partial charge in [0, 0.05) is 29.7 Å². The molecule has 1 saturated carbocycles. The van der Waals surface area contributed by atoms with Gasteiger partial charge in [-0.3, -0.25) is 0 Å². The van der Waals surface area contributed by atoms with Gasteiger partial charge in [-0.15, -0.1) is 0 Å². The number of hydrogen-bond acceptors (Lipinski definition) is 2. The smallest absolute Gasteiger partial charge is 0.317 e. The molecule has 2 amide bonds. The maximum absolute atomic E-state index is 14.0. The van der Waals surface area contributed by atoms with E-state index in [4.69, 9.17) is 11.6 Å². The second-order valence-corrected chi connectivity index (χ2v) is 7.76. The quantitative estimate of drug-likeness (QED) is 0.828. The molecule has 4 nitrogen and oxygen atoms in total. The molecule has 0 bridgehead atoms. The van der Waals surface area contributed by atoms with Crippen molar-refractivity contribution in [3.63, 3.8) is 0 Å². The summed E-state index contributed by atoms with van der Waals surface area (Å²) in [6.07, 6.45) is 5.42. The average molecular weight is 368 g/mol. The summed E-state index contributed by atoms with van der Waals surface area (Å²) < 4.78 is 14.0. The number of likely N-dealkylation sites (tertiary alicyclic amines) is 1. The Balaban J connectivity index is 1.53. The largest absolute Gasteiger partial charge is 0.338 e. The van der Waals surface area contributed by atoms with Crippen LogP contribution in [0.4, 0.5) is 9.18 Å². The highest BCUT2D eigenvalue weighted by Crippen LogP contribution is 2.30. The molecule has 3 rings (SSSR count). The van der Waals surface area contributed by atoms with Crippen molar-refractivity contribution in [2.75, 3.05) is 26.7 Å². The SMILES string of the molecule is CN1CCCC(CCNC(=O)N(Cc2c(F)cccc2Cl)C2CC2)C1. The van der Waals surface area contributed by atoms with Crippen molar-refractivity contribution in [1.82, 2.24) is 15.1 Å². The molecule has 1 unspecified atom stereocenters. The maximum Gasteiger partial charge on any atom is 0.317 e. The molecule has 1 aliphatic carbocycles. The molecule has 0 spiro atoms. The summed E-state index contributed by atoms with van der Waals surface area (Å²) in [6, 6.07) is 4.75. The molecule has 1 atom stereocenters. The van der Waals surface area contributed by atoms with E-state index in [1.54, 1.807) is 17.0 Å². The zero-order valence-electron chi connectivity index (χ0n) is 14.8. The fourth-order valence-electron chi connectivity index (χ4n) is 3.60. The Kier molecular flexibility index (Phi) is 6.18. The van der Waals surface area contributed by atoms with Gasteiger partial charge >= 0.3 is 6.03 Å². The lowest BCUT2D eigenvalue weighted by Crippen LogP contribution is -2.42. The molecule has 1 heterocycles. The molecule has 2 fully saturated rings. The number of rotatable bonds is 6. The van der Waals surface area contributed by atoms with E-state index >= 15 is 0 Å². The van der Waals surface area contributed by atoms with E-state index in [1.807, 2.05) is 0 Å². The molecule has 1 aromatic carbocycles. The van der Waals surface area contributed by atoms with Crippen LogP contribution in [-0.4, -0.2) is 48.6 Å². The van der Waals surface area contributed by atoms with E-state index in [1.165, 1.54) is 25.5 Å².